The van der Waals surface area contributed by atoms with Crippen LogP contribution in [0.15, 0.2) is 41.2 Å². The largest absolute Gasteiger partial charge is 1.00 e. The van der Waals surface area contributed by atoms with Gasteiger partial charge in [-0.2, -0.15) is 5.26 Å². The van der Waals surface area contributed by atoms with Gasteiger partial charge in [0.1, 0.15) is 0 Å². The molecule has 24 heavy (non-hydrogen) atoms. The molecule has 1 aromatic rings. The van der Waals surface area contributed by atoms with Crippen molar-refractivity contribution in [1.82, 2.24) is 9.88 Å². The molecule has 0 saturated carbocycles. The van der Waals surface area contributed by atoms with Crippen LogP contribution < -0.4 is 34.7 Å². The van der Waals surface area contributed by atoms with Gasteiger partial charge in [0.15, 0.2) is 15.2 Å². The van der Waals surface area contributed by atoms with Crippen molar-refractivity contribution in [3.05, 3.63) is 46.9 Å². The van der Waals surface area contributed by atoms with E-state index in [9.17, 15) is 23.1 Å². The van der Waals surface area contributed by atoms with Crippen LogP contribution in [0.1, 0.15) is 5.69 Å². The maximum Gasteiger partial charge on any atom is 1.00 e. The number of hydrogen-bond acceptors (Lipinski definition) is 7. The SMILES string of the molecule is N#CC1=C(C(=O)[O-])N2C(=O)/C(=C/c3ccccn3)[C@H]2S(=O)(=O)C1.[Na+]. The number of β-lactam (4-membered cyclic amide) rings is 1. The zero-order valence-corrected chi connectivity index (χ0v) is 15.3. The Morgan fingerprint density at radius 1 is 1.46 bits per heavy atom. The van der Waals surface area contributed by atoms with Crippen molar-refractivity contribution in [3.63, 3.8) is 0 Å². The summed E-state index contributed by atoms with van der Waals surface area (Å²) in [5.41, 5.74) is -0.905. The molecule has 0 radical (unpaired) electrons. The van der Waals surface area contributed by atoms with E-state index in [1.54, 1.807) is 18.2 Å². The zero-order chi connectivity index (χ0) is 16.8. The minimum atomic E-state index is -3.92. The third-order valence-corrected chi connectivity index (χ3v) is 5.33. The van der Waals surface area contributed by atoms with Crippen molar-refractivity contribution in [2.45, 2.75) is 5.37 Å². The molecule has 2 aliphatic heterocycles. The normalized spacial score (nSPS) is 23.0. The first-order valence-corrected chi connectivity index (χ1v) is 8.10. The molecule has 0 aromatic carbocycles. The quantitative estimate of drug-likeness (QED) is 0.298. The van der Waals surface area contributed by atoms with E-state index < -0.39 is 44.1 Å². The predicted octanol–water partition coefficient (Wildman–Crippen LogP) is -4.41. The average Bonchev–Trinajstić information content (AvgIpc) is 2.51. The molecule has 116 valence electrons. The minimum absolute atomic E-state index is 0. The second-order valence-corrected chi connectivity index (χ2v) is 6.98. The van der Waals surface area contributed by atoms with Gasteiger partial charge in [-0.3, -0.25) is 14.7 Å². The Kier molecular flexibility index (Phi) is 4.96. The number of carboxylic acid groups (broad SMARTS) is 1. The van der Waals surface area contributed by atoms with E-state index in [0.29, 0.717) is 10.6 Å². The number of nitrogens with zero attached hydrogens (tertiary/aromatic N) is 3. The van der Waals surface area contributed by atoms with E-state index in [1.807, 2.05) is 0 Å². The van der Waals surface area contributed by atoms with Crippen molar-refractivity contribution >= 4 is 27.8 Å². The van der Waals surface area contributed by atoms with Crippen molar-refractivity contribution in [2.24, 2.45) is 0 Å². The minimum Gasteiger partial charge on any atom is -0.543 e. The molecule has 1 aromatic heterocycles. The third-order valence-electron chi connectivity index (χ3n) is 3.50. The Morgan fingerprint density at radius 2 is 2.17 bits per heavy atom. The molecule has 1 amide bonds. The molecule has 0 bridgehead atoms. The summed E-state index contributed by atoms with van der Waals surface area (Å²) in [6.07, 6.45) is 2.77. The Morgan fingerprint density at radius 3 is 2.71 bits per heavy atom. The fraction of sp³-hybridized carbons (Fsp3) is 0.143. The summed E-state index contributed by atoms with van der Waals surface area (Å²) >= 11 is 0. The number of sulfone groups is 1. The summed E-state index contributed by atoms with van der Waals surface area (Å²) in [5, 5.41) is 18.7. The Bertz CT molecular complexity index is 931. The number of nitriles is 1. The first-order valence-electron chi connectivity index (χ1n) is 6.39. The molecule has 3 heterocycles. The van der Waals surface area contributed by atoms with Crippen LogP contribution in [-0.2, 0) is 19.4 Å². The molecule has 0 spiro atoms. The smallest absolute Gasteiger partial charge is 0.543 e. The second-order valence-electron chi connectivity index (χ2n) is 4.92. The zero-order valence-electron chi connectivity index (χ0n) is 12.5. The molecule has 8 nitrogen and oxygen atoms in total. The van der Waals surface area contributed by atoms with Crippen LogP contribution >= 0.6 is 0 Å². The predicted molar refractivity (Wildman–Crippen MR) is 74.3 cm³/mol. The number of fused-ring (bicyclic) bond motifs is 1. The molecule has 1 atom stereocenters. The fourth-order valence-electron chi connectivity index (χ4n) is 2.55. The van der Waals surface area contributed by atoms with E-state index in [1.165, 1.54) is 18.3 Å². The van der Waals surface area contributed by atoms with Crippen LogP contribution in [-0.4, -0.2) is 41.3 Å². The van der Waals surface area contributed by atoms with Crippen LogP contribution in [0.5, 0.6) is 0 Å². The van der Waals surface area contributed by atoms with Crippen LogP contribution in [0, 0.1) is 11.3 Å². The molecule has 3 rings (SSSR count). The molecule has 2 aliphatic rings. The molecular formula is C14H8N3NaO5S. The first-order chi connectivity index (χ1) is 10.9. The Balaban J connectivity index is 0.00000208. The van der Waals surface area contributed by atoms with Gasteiger partial charge in [-0.05, 0) is 18.2 Å². The van der Waals surface area contributed by atoms with Gasteiger partial charge >= 0.3 is 29.6 Å². The van der Waals surface area contributed by atoms with Crippen LogP contribution in [0.2, 0.25) is 0 Å². The standard InChI is InChI=1S/C14H9N3O5S.Na/c15-6-8-7-23(21,22)13-10(5-9-3-1-2-4-16-9)12(18)17(13)11(8)14(19)20;/h1-5,13H,7H2,(H,19,20);/q;+1/p-1/b10-5-;/t13-;/m1./s1. The fourth-order valence-corrected chi connectivity index (χ4v) is 4.39. The molecule has 1 fully saturated rings. The van der Waals surface area contributed by atoms with Crippen molar-refractivity contribution < 1.29 is 52.7 Å². The second kappa shape index (κ2) is 6.49. The van der Waals surface area contributed by atoms with Gasteiger partial charge in [0.25, 0.3) is 5.91 Å². The van der Waals surface area contributed by atoms with Gasteiger partial charge in [0.05, 0.1) is 40.3 Å². The van der Waals surface area contributed by atoms with E-state index >= 15 is 0 Å². The summed E-state index contributed by atoms with van der Waals surface area (Å²) in [6.45, 7) is 0. The number of carbonyl (C=O) groups excluding carboxylic acids is 2. The van der Waals surface area contributed by atoms with E-state index in [-0.39, 0.29) is 35.1 Å². The summed E-state index contributed by atoms with van der Waals surface area (Å²) < 4.78 is 24.5. The van der Waals surface area contributed by atoms with Crippen LogP contribution in [0.3, 0.4) is 0 Å². The van der Waals surface area contributed by atoms with E-state index in [2.05, 4.69) is 4.98 Å². The summed E-state index contributed by atoms with van der Waals surface area (Å²) in [4.78, 5) is 27.9. The average molecular weight is 353 g/mol. The van der Waals surface area contributed by atoms with Crippen molar-refractivity contribution in [3.8, 4) is 6.07 Å². The summed E-state index contributed by atoms with van der Waals surface area (Å²) in [7, 11) is -3.92. The molecule has 10 heteroatoms. The summed E-state index contributed by atoms with van der Waals surface area (Å²) in [5.74, 6) is -3.30. The molecule has 0 aliphatic carbocycles. The number of carbonyl (C=O) groups is 2. The van der Waals surface area contributed by atoms with Gasteiger partial charge < -0.3 is 9.90 Å². The van der Waals surface area contributed by atoms with Crippen LogP contribution in [0.4, 0.5) is 0 Å². The Hall–Kier alpha value is -1.99. The number of amides is 1. The van der Waals surface area contributed by atoms with Gasteiger partial charge in [-0.25, -0.2) is 8.42 Å². The van der Waals surface area contributed by atoms with Gasteiger partial charge in [0, 0.05) is 6.20 Å². The van der Waals surface area contributed by atoms with Gasteiger partial charge in [0.2, 0.25) is 0 Å². The van der Waals surface area contributed by atoms with Gasteiger partial charge in [-0.15, -0.1) is 0 Å². The van der Waals surface area contributed by atoms with E-state index in [4.69, 9.17) is 5.26 Å². The number of carboxylic acids is 1. The number of aliphatic carboxylic acids is 1. The van der Waals surface area contributed by atoms with E-state index in [0.717, 1.165) is 0 Å². The topological polar surface area (TPSA) is 131 Å². The maximum absolute atomic E-state index is 12.3. The molecule has 0 N–H and O–H groups in total. The number of pyridine rings is 1. The van der Waals surface area contributed by atoms with Crippen molar-refractivity contribution in [1.29, 1.82) is 5.26 Å². The number of rotatable bonds is 2. The third kappa shape index (κ3) is 2.78. The van der Waals surface area contributed by atoms with Gasteiger partial charge in [-0.1, -0.05) is 6.07 Å². The molecule has 0 unspecified atom stereocenters. The Labute approximate surface area is 159 Å². The molecular weight excluding hydrogens is 345 g/mol. The maximum atomic E-state index is 12.3. The summed E-state index contributed by atoms with van der Waals surface area (Å²) in [6, 6.07) is 6.41. The first kappa shape index (κ1) is 18.4. The monoisotopic (exact) mass is 353 g/mol. The van der Waals surface area contributed by atoms with Crippen LogP contribution in [0.25, 0.3) is 6.08 Å². The van der Waals surface area contributed by atoms with Crippen molar-refractivity contribution in [2.75, 3.05) is 5.75 Å². The molecule has 1 saturated heterocycles. The number of aromatic nitrogens is 1. The number of hydrogen-bond donors (Lipinski definition) is 0.